The van der Waals surface area contributed by atoms with Gasteiger partial charge in [-0.2, -0.15) is 0 Å². The first-order valence-electron chi connectivity index (χ1n) is 8.76. The molecule has 5 nitrogen and oxygen atoms in total. The van der Waals surface area contributed by atoms with Gasteiger partial charge in [0, 0.05) is 23.5 Å². The molecule has 1 aliphatic rings. The number of carbonyl (C=O) groups is 2. The van der Waals surface area contributed by atoms with E-state index in [9.17, 15) is 9.59 Å². The normalized spacial score (nSPS) is 14.7. The number of hydrogen-bond donors (Lipinski definition) is 1. The van der Waals surface area contributed by atoms with E-state index in [4.69, 9.17) is 4.74 Å². The molecule has 1 aliphatic heterocycles. The molecule has 0 atom stereocenters. The monoisotopic (exact) mass is 382 g/mol. The van der Waals surface area contributed by atoms with Gasteiger partial charge < -0.3 is 15.0 Å². The number of carbonyl (C=O) groups excluding carboxylic acids is 2. The van der Waals surface area contributed by atoms with Gasteiger partial charge in [0.2, 0.25) is 0 Å². The summed E-state index contributed by atoms with van der Waals surface area (Å²) >= 11 is 1.65. The highest BCUT2D eigenvalue weighted by atomic mass is 32.2. The van der Waals surface area contributed by atoms with Crippen molar-refractivity contribution >= 4 is 29.7 Å². The number of nitrogens with zero attached hydrogens (tertiary/aromatic N) is 1. The molecule has 1 N–H and O–H groups in total. The van der Waals surface area contributed by atoms with Gasteiger partial charge in [0.25, 0.3) is 11.8 Å². The van der Waals surface area contributed by atoms with E-state index in [-0.39, 0.29) is 17.5 Å². The highest BCUT2D eigenvalue weighted by Crippen LogP contribution is 2.17. The summed E-state index contributed by atoms with van der Waals surface area (Å²) in [7, 11) is 0. The van der Waals surface area contributed by atoms with Crippen LogP contribution >= 0.6 is 11.8 Å². The second-order valence-electron chi connectivity index (χ2n) is 6.06. The van der Waals surface area contributed by atoms with E-state index in [2.05, 4.69) is 5.32 Å². The molecule has 1 heterocycles. The topological polar surface area (TPSA) is 58.6 Å². The molecular formula is C21H22N2O3S. The van der Waals surface area contributed by atoms with Gasteiger partial charge in [0.1, 0.15) is 5.70 Å². The maximum atomic E-state index is 13.0. The van der Waals surface area contributed by atoms with Crippen LogP contribution in [0.3, 0.4) is 0 Å². The van der Waals surface area contributed by atoms with Crippen LogP contribution in [0, 0.1) is 0 Å². The fourth-order valence-electron chi connectivity index (χ4n) is 2.74. The van der Waals surface area contributed by atoms with Gasteiger partial charge in [0.15, 0.2) is 0 Å². The van der Waals surface area contributed by atoms with Crippen molar-refractivity contribution in [3.8, 4) is 0 Å². The van der Waals surface area contributed by atoms with Crippen molar-refractivity contribution in [3.63, 3.8) is 0 Å². The third-order valence-corrected chi connectivity index (χ3v) is 4.98. The first-order chi connectivity index (χ1) is 13.2. The highest BCUT2D eigenvalue weighted by Gasteiger charge is 2.22. The molecule has 2 amide bonds. The third-order valence-electron chi connectivity index (χ3n) is 4.24. The Balaban J connectivity index is 1.86. The Morgan fingerprint density at radius 3 is 2.33 bits per heavy atom. The zero-order chi connectivity index (χ0) is 19.1. The predicted molar refractivity (Wildman–Crippen MR) is 108 cm³/mol. The summed E-state index contributed by atoms with van der Waals surface area (Å²) in [4.78, 5) is 28.4. The van der Waals surface area contributed by atoms with Crippen LogP contribution in [-0.4, -0.2) is 49.3 Å². The van der Waals surface area contributed by atoms with E-state index in [0.717, 1.165) is 10.5 Å². The molecule has 2 aromatic carbocycles. The number of ether oxygens (including phenoxy) is 1. The number of benzene rings is 2. The van der Waals surface area contributed by atoms with Gasteiger partial charge in [-0.1, -0.05) is 30.3 Å². The Kier molecular flexibility index (Phi) is 6.68. The molecule has 3 rings (SSSR count). The molecule has 1 saturated heterocycles. The van der Waals surface area contributed by atoms with Crippen molar-refractivity contribution in [2.45, 2.75) is 4.90 Å². The molecule has 140 valence electrons. The van der Waals surface area contributed by atoms with E-state index in [1.54, 1.807) is 47.0 Å². The fraction of sp³-hybridized carbons (Fsp3) is 0.238. The predicted octanol–water partition coefficient (Wildman–Crippen LogP) is 3.04. The largest absolute Gasteiger partial charge is 0.378 e. The average Bonchev–Trinajstić information content (AvgIpc) is 2.74. The number of morpholine rings is 1. The molecule has 0 bridgehead atoms. The summed E-state index contributed by atoms with van der Waals surface area (Å²) in [6, 6.07) is 16.7. The Morgan fingerprint density at radius 1 is 1.04 bits per heavy atom. The van der Waals surface area contributed by atoms with Crippen molar-refractivity contribution < 1.29 is 14.3 Å². The van der Waals surface area contributed by atoms with Gasteiger partial charge in [-0.05, 0) is 42.2 Å². The number of thioether (sulfide) groups is 1. The highest BCUT2D eigenvalue weighted by molar-refractivity contribution is 7.98. The Labute approximate surface area is 163 Å². The van der Waals surface area contributed by atoms with E-state index >= 15 is 0 Å². The smallest absolute Gasteiger partial charge is 0.270 e. The lowest BCUT2D eigenvalue weighted by atomic mass is 10.1. The van der Waals surface area contributed by atoms with Crippen LogP contribution in [0.25, 0.3) is 6.08 Å². The molecule has 2 aromatic rings. The molecule has 0 unspecified atom stereocenters. The number of hydrogen-bond acceptors (Lipinski definition) is 4. The molecule has 27 heavy (non-hydrogen) atoms. The summed E-state index contributed by atoms with van der Waals surface area (Å²) < 4.78 is 5.32. The Morgan fingerprint density at radius 2 is 1.70 bits per heavy atom. The van der Waals surface area contributed by atoms with Crippen LogP contribution < -0.4 is 5.32 Å². The summed E-state index contributed by atoms with van der Waals surface area (Å²) in [5, 5.41) is 2.79. The van der Waals surface area contributed by atoms with Crippen LogP contribution in [0.15, 0.2) is 65.2 Å². The number of rotatable bonds is 5. The van der Waals surface area contributed by atoms with Crippen LogP contribution in [-0.2, 0) is 9.53 Å². The van der Waals surface area contributed by atoms with Gasteiger partial charge >= 0.3 is 0 Å². The maximum Gasteiger partial charge on any atom is 0.270 e. The summed E-state index contributed by atoms with van der Waals surface area (Å²) in [5.74, 6) is -0.499. The van der Waals surface area contributed by atoms with E-state index in [1.807, 2.05) is 36.6 Å². The summed E-state index contributed by atoms with van der Waals surface area (Å²) in [5.41, 5.74) is 1.64. The van der Waals surface area contributed by atoms with Crippen molar-refractivity contribution in [1.82, 2.24) is 10.2 Å². The van der Waals surface area contributed by atoms with E-state index in [1.165, 1.54) is 0 Å². The molecule has 0 spiro atoms. The van der Waals surface area contributed by atoms with Crippen LogP contribution in [0.1, 0.15) is 15.9 Å². The van der Waals surface area contributed by atoms with Crippen molar-refractivity contribution in [2.24, 2.45) is 0 Å². The fourth-order valence-corrected chi connectivity index (χ4v) is 3.15. The molecule has 6 heteroatoms. The van der Waals surface area contributed by atoms with Crippen LogP contribution in [0.4, 0.5) is 0 Å². The van der Waals surface area contributed by atoms with Gasteiger partial charge in [-0.25, -0.2) is 0 Å². The van der Waals surface area contributed by atoms with Crippen LogP contribution in [0.2, 0.25) is 0 Å². The second kappa shape index (κ2) is 9.39. The lowest BCUT2D eigenvalue weighted by Crippen LogP contribution is -2.44. The summed E-state index contributed by atoms with van der Waals surface area (Å²) in [6.07, 6.45) is 3.74. The molecule has 1 fully saturated rings. The first-order valence-corrected chi connectivity index (χ1v) is 9.99. The maximum absolute atomic E-state index is 13.0. The minimum absolute atomic E-state index is 0.198. The minimum atomic E-state index is -0.302. The van der Waals surface area contributed by atoms with Crippen molar-refractivity contribution in [2.75, 3.05) is 32.6 Å². The molecule has 0 aliphatic carbocycles. The molecule has 0 radical (unpaired) electrons. The second-order valence-corrected chi connectivity index (χ2v) is 6.94. The zero-order valence-electron chi connectivity index (χ0n) is 15.2. The van der Waals surface area contributed by atoms with Gasteiger partial charge in [-0.3, -0.25) is 9.59 Å². The first kappa shape index (κ1) is 19.2. The molecule has 0 saturated carbocycles. The SMILES string of the molecule is CSc1ccc(/C=C(/NC(=O)c2ccccc2)C(=O)N2CCOCC2)cc1. The average molecular weight is 382 g/mol. The van der Waals surface area contributed by atoms with Gasteiger partial charge in [-0.15, -0.1) is 11.8 Å². The van der Waals surface area contributed by atoms with Crippen molar-refractivity contribution in [3.05, 3.63) is 71.4 Å². The van der Waals surface area contributed by atoms with Crippen molar-refractivity contribution in [1.29, 1.82) is 0 Å². The number of amides is 2. The van der Waals surface area contributed by atoms with E-state index < -0.39 is 0 Å². The third kappa shape index (κ3) is 5.21. The zero-order valence-corrected chi connectivity index (χ0v) is 16.0. The Bertz CT molecular complexity index is 813. The number of nitrogens with one attached hydrogen (secondary N) is 1. The van der Waals surface area contributed by atoms with Crippen LogP contribution in [0.5, 0.6) is 0 Å². The van der Waals surface area contributed by atoms with E-state index in [0.29, 0.717) is 31.9 Å². The standard InChI is InChI=1S/C21H22N2O3S/c1-27-18-9-7-16(8-10-18)15-19(21(25)23-11-13-26-14-12-23)22-20(24)17-5-3-2-4-6-17/h2-10,15H,11-14H2,1H3,(H,22,24)/b19-15+. The lowest BCUT2D eigenvalue weighted by Gasteiger charge is -2.27. The molecule has 0 aromatic heterocycles. The minimum Gasteiger partial charge on any atom is -0.378 e. The summed E-state index contributed by atoms with van der Waals surface area (Å²) in [6.45, 7) is 2.05. The Hall–Kier alpha value is -2.57. The quantitative estimate of drug-likeness (QED) is 0.638. The lowest BCUT2D eigenvalue weighted by molar-refractivity contribution is -0.131. The van der Waals surface area contributed by atoms with Gasteiger partial charge in [0.05, 0.1) is 13.2 Å². The molecular weight excluding hydrogens is 360 g/mol.